The molecule has 0 atom stereocenters. The van der Waals surface area contributed by atoms with Crippen molar-refractivity contribution in [2.24, 2.45) is 0 Å². The first-order valence-electron chi connectivity index (χ1n) is 12.7. The van der Waals surface area contributed by atoms with Crippen molar-refractivity contribution in [3.05, 3.63) is 128 Å². The molecule has 4 heterocycles. The molecular formula is C34H21N3S. The maximum Gasteiger partial charge on any atom is 0.0971 e. The molecule has 0 aliphatic carbocycles. The van der Waals surface area contributed by atoms with Crippen molar-refractivity contribution in [3.8, 4) is 28.2 Å². The van der Waals surface area contributed by atoms with Crippen LogP contribution in [-0.2, 0) is 0 Å². The van der Waals surface area contributed by atoms with Gasteiger partial charge in [0.15, 0.2) is 0 Å². The fourth-order valence-corrected chi connectivity index (χ4v) is 6.62. The topological polar surface area (TPSA) is 30.7 Å². The monoisotopic (exact) mass is 503 g/mol. The summed E-state index contributed by atoms with van der Waals surface area (Å²) in [5.74, 6) is 0. The fraction of sp³-hybridized carbons (Fsp3) is 0. The lowest BCUT2D eigenvalue weighted by Gasteiger charge is -2.10. The van der Waals surface area contributed by atoms with Gasteiger partial charge < -0.3 is 4.57 Å². The minimum atomic E-state index is 0.964. The molecule has 8 rings (SSSR count). The van der Waals surface area contributed by atoms with E-state index in [0.29, 0.717) is 0 Å². The van der Waals surface area contributed by atoms with Crippen LogP contribution >= 0.6 is 11.3 Å². The van der Waals surface area contributed by atoms with E-state index in [-0.39, 0.29) is 0 Å². The summed E-state index contributed by atoms with van der Waals surface area (Å²) in [4.78, 5) is 10.1. The third kappa shape index (κ3) is 3.21. The van der Waals surface area contributed by atoms with E-state index in [1.54, 1.807) is 0 Å². The largest absolute Gasteiger partial charge is 0.305 e. The lowest BCUT2D eigenvalue weighted by Crippen LogP contribution is -1.96. The molecule has 0 amide bonds. The van der Waals surface area contributed by atoms with Gasteiger partial charge in [0.25, 0.3) is 0 Å². The standard InChI is InChI=1S/C34H21N3S/c1-3-9-22(10-4-1)27-17-15-24(21-35-27)37-29-19-18-28(23-11-5-2-6-12-23)36-33(29)26-16-20-31-32(34(26)37)25-13-7-8-14-30(25)38-31/h1-21H. The van der Waals surface area contributed by atoms with Gasteiger partial charge in [0.1, 0.15) is 0 Å². The molecule has 3 nitrogen and oxygen atoms in total. The Labute approximate surface area is 223 Å². The zero-order chi connectivity index (χ0) is 25.1. The second-order valence-corrected chi connectivity index (χ2v) is 10.6. The highest BCUT2D eigenvalue weighted by atomic mass is 32.1. The lowest BCUT2D eigenvalue weighted by molar-refractivity contribution is 1.14. The van der Waals surface area contributed by atoms with Crippen LogP contribution in [0.3, 0.4) is 0 Å². The molecule has 4 aromatic carbocycles. The first kappa shape index (κ1) is 21.3. The van der Waals surface area contributed by atoms with Gasteiger partial charge in [-0.15, -0.1) is 11.3 Å². The van der Waals surface area contributed by atoms with Crippen LogP contribution in [0.5, 0.6) is 0 Å². The van der Waals surface area contributed by atoms with Crippen LogP contribution in [0.25, 0.3) is 70.3 Å². The first-order chi connectivity index (χ1) is 18.8. The molecule has 8 aromatic rings. The van der Waals surface area contributed by atoms with E-state index in [0.717, 1.165) is 44.6 Å². The number of pyridine rings is 2. The van der Waals surface area contributed by atoms with Gasteiger partial charge in [0.05, 0.1) is 39.8 Å². The Hall–Kier alpha value is -4.80. The number of fused-ring (bicyclic) bond motifs is 7. The molecule has 0 aliphatic rings. The minimum absolute atomic E-state index is 0.964. The van der Waals surface area contributed by atoms with Crippen molar-refractivity contribution in [1.29, 1.82) is 0 Å². The second kappa shape index (κ2) is 8.37. The van der Waals surface area contributed by atoms with Crippen LogP contribution in [0.1, 0.15) is 0 Å². The number of rotatable bonds is 3. The van der Waals surface area contributed by atoms with E-state index in [1.807, 2.05) is 41.8 Å². The quantitative estimate of drug-likeness (QED) is 0.240. The summed E-state index contributed by atoms with van der Waals surface area (Å²) in [7, 11) is 0. The average molecular weight is 504 g/mol. The zero-order valence-electron chi connectivity index (χ0n) is 20.4. The number of nitrogens with zero attached hydrogens (tertiary/aromatic N) is 3. The minimum Gasteiger partial charge on any atom is -0.305 e. The number of hydrogen-bond donors (Lipinski definition) is 0. The molecule has 0 unspecified atom stereocenters. The van der Waals surface area contributed by atoms with Crippen molar-refractivity contribution in [2.45, 2.75) is 0 Å². The van der Waals surface area contributed by atoms with Crippen LogP contribution < -0.4 is 0 Å². The van der Waals surface area contributed by atoms with Crippen molar-refractivity contribution >= 4 is 53.4 Å². The maximum absolute atomic E-state index is 5.22. The molecule has 0 N–H and O–H groups in total. The summed E-state index contributed by atoms with van der Waals surface area (Å²) in [6.07, 6.45) is 1.99. The van der Waals surface area contributed by atoms with E-state index in [4.69, 9.17) is 9.97 Å². The van der Waals surface area contributed by atoms with Gasteiger partial charge >= 0.3 is 0 Å². The summed E-state index contributed by atoms with van der Waals surface area (Å²) in [5, 5.41) is 3.70. The molecule has 0 fully saturated rings. The van der Waals surface area contributed by atoms with Crippen molar-refractivity contribution < 1.29 is 0 Å². The Bertz CT molecular complexity index is 2110. The number of thiophene rings is 1. The van der Waals surface area contributed by atoms with Crippen LogP contribution in [0, 0.1) is 0 Å². The molecule has 0 bridgehead atoms. The lowest BCUT2D eigenvalue weighted by atomic mass is 10.1. The molecule has 0 aliphatic heterocycles. The molecule has 0 saturated carbocycles. The Morgan fingerprint density at radius 1 is 0.553 bits per heavy atom. The van der Waals surface area contributed by atoms with Crippen molar-refractivity contribution in [1.82, 2.24) is 14.5 Å². The molecule has 0 spiro atoms. The van der Waals surface area contributed by atoms with Gasteiger partial charge in [0, 0.05) is 36.7 Å². The molecular weight excluding hydrogens is 482 g/mol. The van der Waals surface area contributed by atoms with E-state index < -0.39 is 0 Å². The SMILES string of the molecule is c1ccc(-c2ccc(-n3c4ccc(-c5ccccc5)nc4c4ccc5sc6ccccc6c5c43)cn2)cc1. The van der Waals surface area contributed by atoms with Crippen molar-refractivity contribution in [3.63, 3.8) is 0 Å². The van der Waals surface area contributed by atoms with Crippen LogP contribution in [0.4, 0.5) is 0 Å². The third-order valence-corrected chi connectivity index (χ3v) is 8.39. The van der Waals surface area contributed by atoms with E-state index in [1.165, 1.54) is 25.7 Å². The molecule has 4 aromatic heterocycles. The van der Waals surface area contributed by atoms with Crippen LogP contribution in [0.15, 0.2) is 128 Å². The summed E-state index contributed by atoms with van der Waals surface area (Å²) in [6.45, 7) is 0. The number of aromatic nitrogens is 3. The fourth-order valence-electron chi connectivity index (χ4n) is 5.51. The summed E-state index contributed by atoms with van der Waals surface area (Å²) >= 11 is 1.84. The highest BCUT2D eigenvalue weighted by Gasteiger charge is 2.19. The Balaban J connectivity index is 1.46. The number of benzene rings is 4. The maximum atomic E-state index is 5.22. The predicted molar refractivity (Wildman–Crippen MR) is 160 cm³/mol. The van der Waals surface area contributed by atoms with Crippen LogP contribution in [0.2, 0.25) is 0 Å². The number of hydrogen-bond acceptors (Lipinski definition) is 3. The molecule has 0 saturated heterocycles. The van der Waals surface area contributed by atoms with Gasteiger partial charge in [-0.05, 0) is 42.5 Å². The Morgan fingerprint density at radius 3 is 2.03 bits per heavy atom. The van der Waals surface area contributed by atoms with Gasteiger partial charge in [-0.25, -0.2) is 4.98 Å². The molecule has 0 radical (unpaired) electrons. The predicted octanol–water partition coefficient (Wildman–Crippen LogP) is 9.28. The van der Waals surface area contributed by atoms with Crippen molar-refractivity contribution in [2.75, 3.05) is 0 Å². The average Bonchev–Trinajstić information content (AvgIpc) is 3.53. The van der Waals surface area contributed by atoms with Gasteiger partial charge in [0.2, 0.25) is 0 Å². The first-order valence-corrected chi connectivity index (χ1v) is 13.5. The molecule has 178 valence electrons. The van der Waals surface area contributed by atoms with E-state index in [2.05, 4.69) is 102 Å². The van der Waals surface area contributed by atoms with Crippen LogP contribution in [-0.4, -0.2) is 14.5 Å². The highest BCUT2D eigenvalue weighted by Crippen LogP contribution is 2.43. The van der Waals surface area contributed by atoms with E-state index >= 15 is 0 Å². The third-order valence-electron chi connectivity index (χ3n) is 7.25. The van der Waals surface area contributed by atoms with E-state index in [9.17, 15) is 0 Å². The normalized spacial score (nSPS) is 11.7. The smallest absolute Gasteiger partial charge is 0.0971 e. The van der Waals surface area contributed by atoms with Gasteiger partial charge in [-0.1, -0.05) is 78.9 Å². The molecule has 38 heavy (non-hydrogen) atoms. The Kier molecular flexibility index (Phi) is 4.69. The highest BCUT2D eigenvalue weighted by molar-refractivity contribution is 7.26. The van der Waals surface area contributed by atoms with Gasteiger partial charge in [-0.3, -0.25) is 4.98 Å². The molecule has 4 heteroatoms. The second-order valence-electron chi connectivity index (χ2n) is 9.47. The summed E-state index contributed by atoms with van der Waals surface area (Å²) in [6, 6.07) is 42.5. The van der Waals surface area contributed by atoms with Gasteiger partial charge in [-0.2, -0.15) is 0 Å². The summed E-state index contributed by atoms with van der Waals surface area (Å²) < 4.78 is 4.91. The zero-order valence-corrected chi connectivity index (χ0v) is 21.2. The Morgan fingerprint density at radius 2 is 1.26 bits per heavy atom. The summed E-state index contributed by atoms with van der Waals surface area (Å²) in [5.41, 5.74) is 8.47.